The summed E-state index contributed by atoms with van der Waals surface area (Å²) in [4.78, 5) is 22.8. The minimum atomic E-state index is -0.506. The molecule has 5 nitrogen and oxygen atoms in total. The van der Waals surface area contributed by atoms with Crippen LogP contribution < -0.4 is 5.32 Å². The number of amides is 1. The van der Waals surface area contributed by atoms with E-state index in [1.54, 1.807) is 38.1 Å². The van der Waals surface area contributed by atoms with E-state index in [1.807, 2.05) is 0 Å². The van der Waals surface area contributed by atoms with Crippen molar-refractivity contribution in [1.82, 2.24) is 0 Å². The van der Waals surface area contributed by atoms with Gasteiger partial charge in [-0.15, -0.1) is 0 Å². The Hall–Kier alpha value is -2.40. The third-order valence-electron chi connectivity index (χ3n) is 2.98. The minimum Gasteiger partial charge on any atom is -0.316 e. The zero-order valence-electron chi connectivity index (χ0n) is 11.5. The lowest BCUT2D eigenvalue weighted by Gasteiger charge is -2.10. The molecule has 2 aromatic carbocycles. The van der Waals surface area contributed by atoms with E-state index < -0.39 is 10.8 Å². The maximum absolute atomic E-state index is 12.2. The SMILES string of the molecule is Cc1cc(C)c(NC(=O)c2cccc(Cl)c2)c([N+](=O)[O-])c1. The van der Waals surface area contributed by atoms with Crippen LogP contribution in [0.1, 0.15) is 21.5 Å². The number of nitro groups is 1. The molecule has 0 heterocycles. The Kier molecular flexibility index (Phi) is 4.23. The van der Waals surface area contributed by atoms with Crippen LogP contribution in [0.25, 0.3) is 0 Å². The number of benzene rings is 2. The first-order chi connectivity index (χ1) is 9.88. The van der Waals surface area contributed by atoms with Gasteiger partial charge in [0.1, 0.15) is 5.69 Å². The molecule has 2 rings (SSSR count). The van der Waals surface area contributed by atoms with Gasteiger partial charge in [0.25, 0.3) is 11.6 Å². The number of hydrogen-bond acceptors (Lipinski definition) is 3. The molecule has 0 aliphatic heterocycles. The highest BCUT2D eigenvalue weighted by Gasteiger charge is 2.19. The molecule has 0 radical (unpaired) electrons. The smallest absolute Gasteiger partial charge is 0.293 e. The van der Waals surface area contributed by atoms with Crippen molar-refractivity contribution in [1.29, 1.82) is 0 Å². The lowest BCUT2D eigenvalue weighted by molar-refractivity contribution is -0.384. The summed E-state index contributed by atoms with van der Waals surface area (Å²) in [5, 5.41) is 14.2. The molecule has 0 atom stereocenters. The summed E-state index contributed by atoms with van der Waals surface area (Å²) in [6, 6.07) is 9.61. The number of halogens is 1. The van der Waals surface area contributed by atoms with Gasteiger partial charge in [-0.1, -0.05) is 23.7 Å². The Labute approximate surface area is 126 Å². The number of rotatable bonds is 3. The minimum absolute atomic E-state index is 0.122. The van der Waals surface area contributed by atoms with Gasteiger partial charge in [0.05, 0.1) is 4.92 Å². The van der Waals surface area contributed by atoms with Crippen molar-refractivity contribution < 1.29 is 9.72 Å². The third-order valence-corrected chi connectivity index (χ3v) is 3.22. The van der Waals surface area contributed by atoms with Gasteiger partial charge in [0.15, 0.2) is 0 Å². The highest BCUT2D eigenvalue weighted by molar-refractivity contribution is 6.31. The summed E-state index contributed by atoms with van der Waals surface area (Å²) in [6.45, 7) is 3.48. The van der Waals surface area contributed by atoms with Gasteiger partial charge in [-0.3, -0.25) is 14.9 Å². The fourth-order valence-electron chi connectivity index (χ4n) is 2.07. The van der Waals surface area contributed by atoms with Crippen LogP contribution in [0.3, 0.4) is 0 Å². The topological polar surface area (TPSA) is 72.2 Å². The van der Waals surface area contributed by atoms with Crippen LogP contribution in [0.5, 0.6) is 0 Å². The molecule has 108 valence electrons. The zero-order chi connectivity index (χ0) is 15.6. The molecule has 21 heavy (non-hydrogen) atoms. The summed E-state index contributed by atoms with van der Waals surface area (Å²) in [7, 11) is 0. The van der Waals surface area contributed by atoms with Crippen molar-refractivity contribution in [3.63, 3.8) is 0 Å². The van der Waals surface area contributed by atoms with Crippen LogP contribution in [0.15, 0.2) is 36.4 Å². The average molecular weight is 305 g/mol. The van der Waals surface area contributed by atoms with Crippen molar-refractivity contribution in [2.45, 2.75) is 13.8 Å². The molecular weight excluding hydrogens is 292 g/mol. The molecule has 0 aliphatic rings. The number of nitrogens with zero attached hydrogens (tertiary/aromatic N) is 1. The number of aryl methyl sites for hydroxylation is 2. The van der Waals surface area contributed by atoms with E-state index in [1.165, 1.54) is 12.1 Å². The van der Waals surface area contributed by atoms with Crippen LogP contribution in [-0.2, 0) is 0 Å². The van der Waals surface area contributed by atoms with Gasteiger partial charge in [-0.25, -0.2) is 0 Å². The van der Waals surface area contributed by atoms with Crippen molar-refractivity contribution >= 4 is 28.9 Å². The zero-order valence-corrected chi connectivity index (χ0v) is 12.3. The van der Waals surface area contributed by atoms with Crippen molar-refractivity contribution in [2.75, 3.05) is 5.32 Å². The number of nitrogens with one attached hydrogen (secondary N) is 1. The second-order valence-corrected chi connectivity index (χ2v) is 5.13. The van der Waals surface area contributed by atoms with Gasteiger partial charge < -0.3 is 5.32 Å². The summed E-state index contributed by atoms with van der Waals surface area (Å²) in [5.41, 5.74) is 1.83. The molecule has 1 amide bonds. The molecule has 0 fully saturated rings. The van der Waals surface area contributed by atoms with E-state index in [2.05, 4.69) is 5.32 Å². The Bertz CT molecular complexity index is 729. The predicted molar refractivity (Wildman–Crippen MR) is 82.0 cm³/mol. The largest absolute Gasteiger partial charge is 0.316 e. The Balaban J connectivity index is 2.39. The monoisotopic (exact) mass is 304 g/mol. The van der Waals surface area contributed by atoms with Gasteiger partial charge in [0, 0.05) is 16.7 Å². The second kappa shape index (κ2) is 5.93. The van der Waals surface area contributed by atoms with Crippen LogP contribution in [-0.4, -0.2) is 10.8 Å². The Morgan fingerprint density at radius 1 is 1.24 bits per heavy atom. The third kappa shape index (κ3) is 3.38. The number of carbonyl (C=O) groups excluding carboxylic acids is 1. The molecule has 0 saturated heterocycles. The fourth-order valence-corrected chi connectivity index (χ4v) is 2.26. The van der Waals surface area contributed by atoms with E-state index in [-0.39, 0.29) is 11.4 Å². The van der Waals surface area contributed by atoms with Gasteiger partial charge in [-0.05, 0) is 43.2 Å². The highest BCUT2D eigenvalue weighted by atomic mass is 35.5. The molecular formula is C15H13ClN2O3. The molecule has 0 saturated carbocycles. The average Bonchev–Trinajstić information content (AvgIpc) is 2.41. The van der Waals surface area contributed by atoms with Crippen LogP contribution in [0.4, 0.5) is 11.4 Å². The Morgan fingerprint density at radius 3 is 2.57 bits per heavy atom. The lowest BCUT2D eigenvalue weighted by atomic mass is 10.1. The number of nitro benzene ring substituents is 1. The molecule has 0 spiro atoms. The van der Waals surface area contributed by atoms with E-state index >= 15 is 0 Å². The van der Waals surface area contributed by atoms with Gasteiger partial charge in [0.2, 0.25) is 0 Å². The Morgan fingerprint density at radius 2 is 1.95 bits per heavy atom. The fraction of sp³-hybridized carbons (Fsp3) is 0.133. The maximum Gasteiger partial charge on any atom is 0.293 e. The summed E-state index contributed by atoms with van der Waals surface area (Å²) in [5.74, 6) is -0.437. The van der Waals surface area contributed by atoms with E-state index in [4.69, 9.17) is 11.6 Å². The summed E-state index contributed by atoms with van der Waals surface area (Å²) in [6.07, 6.45) is 0. The predicted octanol–water partition coefficient (Wildman–Crippen LogP) is 4.12. The number of carbonyl (C=O) groups is 1. The molecule has 0 aromatic heterocycles. The second-order valence-electron chi connectivity index (χ2n) is 4.70. The summed E-state index contributed by atoms with van der Waals surface area (Å²) >= 11 is 5.84. The highest BCUT2D eigenvalue weighted by Crippen LogP contribution is 2.30. The molecule has 1 N–H and O–H groups in total. The van der Waals surface area contributed by atoms with Crippen LogP contribution in [0, 0.1) is 24.0 Å². The quantitative estimate of drug-likeness (QED) is 0.685. The lowest BCUT2D eigenvalue weighted by Crippen LogP contribution is -2.14. The first kappa shape index (κ1) is 15.0. The van der Waals surface area contributed by atoms with Crippen molar-refractivity contribution in [3.8, 4) is 0 Å². The van der Waals surface area contributed by atoms with Crippen molar-refractivity contribution in [3.05, 3.63) is 68.2 Å². The molecule has 2 aromatic rings. The van der Waals surface area contributed by atoms with E-state index in [9.17, 15) is 14.9 Å². The standard InChI is InChI=1S/C15H13ClN2O3/c1-9-6-10(2)14(13(7-9)18(20)21)17-15(19)11-4-3-5-12(16)8-11/h3-8H,1-2H3,(H,17,19). The molecule has 6 heteroatoms. The number of anilines is 1. The molecule has 0 bridgehead atoms. The first-order valence-corrected chi connectivity index (χ1v) is 6.59. The van der Waals surface area contributed by atoms with Crippen molar-refractivity contribution in [2.24, 2.45) is 0 Å². The normalized spacial score (nSPS) is 10.2. The number of hydrogen-bond donors (Lipinski definition) is 1. The van der Waals surface area contributed by atoms with Crippen LogP contribution in [0.2, 0.25) is 5.02 Å². The van der Waals surface area contributed by atoms with E-state index in [0.29, 0.717) is 16.1 Å². The van der Waals surface area contributed by atoms with E-state index in [0.717, 1.165) is 5.56 Å². The molecule has 0 aliphatic carbocycles. The van der Waals surface area contributed by atoms with Crippen LogP contribution >= 0.6 is 11.6 Å². The summed E-state index contributed by atoms with van der Waals surface area (Å²) < 4.78 is 0. The van der Waals surface area contributed by atoms with Gasteiger partial charge >= 0.3 is 0 Å². The molecule has 0 unspecified atom stereocenters. The van der Waals surface area contributed by atoms with Gasteiger partial charge in [-0.2, -0.15) is 0 Å². The maximum atomic E-state index is 12.2. The first-order valence-electron chi connectivity index (χ1n) is 6.21.